The number of alkyl halides is 2. The van der Waals surface area contributed by atoms with Crippen LogP contribution in [0.2, 0.25) is 0 Å². The van der Waals surface area contributed by atoms with Crippen molar-refractivity contribution in [1.29, 1.82) is 0 Å². The van der Waals surface area contributed by atoms with Gasteiger partial charge >= 0.3 is 0 Å². The normalized spacial score (nSPS) is 20.2. The topological polar surface area (TPSA) is 91.7 Å². The summed E-state index contributed by atoms with van der Waals surface area (Å²) >= 11 is 0. The van der Waals surface area contributed by atoms with Crippen LogP contribution in [0.3, 0.4) is 0 Å². The van der Waals surface area contributed by atoms with Crippen LogP contribution in [0.4, 0.5) is 19.1 Å². The van der Waals surface area contributed by atoms with Crippen LogP contribution in [-0.4, -0.2) is 60.9 Å². The van der Waals surface area contributed by atoms with E-state index in [0.29, 0.717) is 45.4 Å². The predicted molar refractivity (Wildman–Crippen MR) is 138 cm³/mol. The number of benzene rings is 1. The number of halogens is 3. The number of rotatable bonds is 6. The molecule has 1 amide bonds. The molecule has 1 saturated carbocycles. The first-order valence-electron chi connectivity index (χ1n) is 13.2. The number of amides is 1. The Hall–Kier alpha value is -3.63. The molecule has 0 spiro atoms. The van der Waals surface area contributed by atoms with Crippen molar-refractivity contribution in [3.8, 4) is 11.1 Å². The third-order valence-corrected chi connectivity index (χ3v) is 7.89. The van der Waals surface area contributed by atoms with Crippen molar-refractivity contribution in [1.82, 2.24) is 29.4 Å². The molecule has 1 aliphatic heterocycles. The van der Waals surface area contributed by atoms with Crippen molar-refractivity contribution in [2.24, 2.45) is 5.92 Å². The summed E-state index contributed by atoms with van der Waals surface area (Å²) in [6, 6.07) is 3.23. The molecule has 3 aromatic heterocycles. The number of H-pyrrole nitrogens is 1. The number of likely N-dealkylation sites (tertiary alicyclic amines) is 1. The molecular weight excluding hydrogens is 495 g/mol. The van der Waals surface area contributed by atoms with E-state index in [4.69, 9.17) is 0 Å². The molecule has 0 atom stereocenters. The lowest BCUT2D eigenvalue weighted by Crippen LogP contribution is -2.37. The molecule has 11 heteroatoms. The molecule has 4 heterocycles. The maximum Gasteiger partial charge on any atom is 0.256 e. The zero-order chi connectivity index (χ0) is 26.4. The van der Waals surface area contributed by atoms with E-state index in [1.165, 1.54) is 10.6 Å². The van der Waals surface area contributed by atoms with Crippen molar-refractivity contribution in [2.45, 2.75) is 64.5 Å². The number of fused-ring (bicyclic) bond motifs is 2. The number of aromatic nitrogens is 5. The van der Waals surface area contributed by atoms with Gasteiger partial charge in [-0.15, -0.1) is 0 Å². The Morgan fingerprint density at radius 2 is 1.92 bits per heavy atom. The quantitative estimate of drug-likeness (QED) is 0.357. The summed E-state index contributed by atoms with van der Waals surface area (Å²) in [4.78, 5) is 31.1. The van der Waals surface area contributed by atoms with Crippen LogP contribution in [0.15, 0.2) is 24.5 Å². The zero-order valence-electron chi connectivity index (χ0n) is 21.2. The molecule has 4 aromatic rings. The van der Waals surface area contributed by atoms with Gasteiger partial charge in [-0.1, -0.05) is 0 Å². The number of anilines is 1. The van der Waals surface area contributed by atoms with E-state index < -0.39 is 18.8 Å². The highest BCUT2D eigenvalue weighted by Crippen LogP contribution is 2.33. The third-order valence-electron chi connectivity index (χ3n) is 7.89. The molecule has 200 valence electrons. The molecule has 1 aromatic carbocycles. The first kappa shape index (κ1) is 24.7. The van der Waals surface area contributed by atoms with Crippen LogP contribution in [0.25, 0.3) is 33.2 Å². The predicted octanol–water partition coefficient (Wildman–Crippen LogP) is 5.28. The van der Waals surface area contributed by atoms with Crippen LogP contribution in [0.5, 0.6) is 0 Å². The molecular formula is C27H30F3N7O. The maximum atomic E-state index is 14.9. The second kappa shape index (κ2) is 9.92. The molecule has 0 bridgehead atoms. The lowest BCUT2D eigenvalue weighted by Gasteiger charge is -2.30. The molecule has 0 unspecified atom stereocenters. The first-order valence-corrected chi connectivity index (χ1v) is 13.2. The molecule has 38 heavy (non-hydrogen) atoms. The SMILES string of the molecule is Cc1nc2c(F)cc(-c3c[nH]c4nc(N[C@H]5CC[C@@H](C(=O)N6CCCC6)CC5)ncc34)cc2n1CC(F)F. The van der Waals surface area contributed by atoms with Crippen LogP contribution in [0.1, 0.15) is 44.3 Å². The van der Waals surface area contributed by atoms with Gasteiger partial charge in [-0.2, -0.15) is 4.98 Å². The van der Waals surface area contributed by atoms with Gasteiger partial charge in [-0.05, 0) is 63.1 Å². The monoisotopic (exact) mass is 525 g/mol. The van der Waals surface area contributed by atoms with E-state index in [1.54, 1.807) is 25.4 Å². The Morgan fingerprint density at radius 1 is 1.16 bits per heavy atom. The highest BCUT2D eigenvalue weighted by atomic mass is 19.3. The number of imidazole rings is 1. The molecule has 1 saturated heterocycles. The highest BCUT2D eigenvalue weighted by molar-refractivity contribution is 5.96. The van der Waals surface area contributed by atoms with Crippen molar-refractivity contribution in [3.05, 3.63) is 36.2 Å². The van der Waals surface area contributed by atoms with Gasteiger partial charge in [0.15, 0.2) is 5.82 Å². The standard InChI is InChI=1S/C27H30F3N7O/c1-15-33-24-21(28)10-17(11-22(24)37(15)14-23(29)30)19-12-31-25-20(19)13-32-27(35-25)34-18-6-4-16(5-7-18)26(38)36-8-2-3-9-36/h10-13,16,18,23H,2-9,14H2,1H3,(H2,31,32,34,35)/t16-,18+. The van der Waals surface area contributed by atoms with Gasteiger partial charge < -0.3 is 19.8 Å². The average molecular weight is 526 g/mol. The Kier molecular flexibility index (Phi) is 6.45. The van der Waals surface area contributed by atoms with Gasteiger partial charge in [0.05, 0.1) is 12.1 Å². The lowest BCUT2D eigenvalue weighted by molar-refractivity contribution is -0.135. The Balaban J connectivity index is 1.19. The van der Waals surface area contributed by atoms with Crippen molar-refractivity contribution in [3.63, 3.8) is 0 Å². The molecule has 2 aliphatic rings. The zero-order valence-corrected chi connectivity index (χ0v) is 21.2. The fourth-order valence-corrected chi connectivity index (χ4v) is 5.90. The fourth-order valence-electron chi connectivity index (χ4n) is 5.90. The van der Waals surface area contributed by atoms with E-state index in [9.17, 15) is 18.0 Å². The molecule has 2 fully saturated rings. The van der Waals surface area contributed by atoms with Crippen LogP contribution >= 0.6 is 0 Å². The minimum Gasteiger partial charge on any atom is -0.351 e. The summed E-state index contributed by atoms with van der Waals surface area (Å²) in [5.74, 6) is 0.677. The summed E-state index contributed by atoms with van der Waals surface area (Å²) in [7, 11) is 0. The minimum atomic E-state index is -2.58. The van der Waals surface area contributed by atoms with E-state index in [0.717, 1.165) is 51.6 Å². The van der Waals surface area contributed by atoms with Crippen molar-refractivity contribution in [2.75, 3.05) is 18.4 Å². The van der Waals surface area contributed by atoms with Gasteiger partial charge in [-0.3, -0.25) is 4.79 Å². The number of hydrogen-bond acceptors (Lipinski definition) is 5. The summed E-state index contributed by atoms with van der Waals surface area (Å²) < 4.78 is 42.5. The second-order valence-corrected chi connectivity index (χ2v) is 10.4. The number of aryl methyl sites for hydroxylation is 1. The number of nitrogens with one attached hydrogen (secondary N) is 2. The Labute approximate surface area is 217 Å². The highest BCUT2D eigenvalue weighted by Gasteiger charge is 2.31. The van der Waals surface area contributed by atoms with Gasteiger partial charge in [0, 0.05) is 48.4 Å². The Morgan fingerprint density at radius 3 is 2.66 bits per heavy atom. The van der Waals surface area contributed by atoms with Crippen LogP contribution < -0.4 is 5.32 Å². The molecule has 8 nitrogen and oxygen atoms in total. The summed E-state index contributed by atoms with van der Waals surface area (Å²) in [6.45, 7) is 2.82. The number of carbonyl (C=O) groups excluding carboxylic acids is 1. The third kappa shape index (κ3) is 4.58. The number of aromatic amines is 1. The second-order valence-electron chi connectivity index (χ2n) is 10.4. The molecule has 2 N–H and O–H groups in total. The average Bonchev–Trinajstić information content (AvgIpc) is 3.64. The smallest absolute Gasteiger partial charge is 0.256 e. The van der Waals surface area contributed by atoms with Crippen LogP contribution in [0, 0.1) is 18.7 Å². The van der Waals surface area contributed by atoms with E-state index in [-0.39, 0.29) is 17.5 Å². The minimum absolute atomic E-state index is 0.0753. The molecule has 1 aliphatic carbocycles. The maximum absolute atomic E-state index is 14.9. The Bertz CT molecular complexity index is 1480. The van der Waals surface area contributed by atoms with E-state index in [2.05, 4.69) is 25.3 Å². The van der Waals surface area contributed by atoms with E-state index in [1.807, 2.05) is 4.90 Å². The van der Waals surface area contributed by atoms with E-state index >= 15 is 0 Å². The number of hydrogen-bond donors (Lipinski definition) is 2. The number of carbonyl (C=O) groups is 1. The lowest BCUT2D eigenvalue weighted by atomic mass is 9.85. The summed E-state index contributed by atoms with van der Waals surface area (Å²) in [6.07, 6.45) is 6.52. The van der Waals surface area contributed by atoms with Gasteiger partial charge in [0.2, 0.25) is 11.9 Å². The fraction of sp³-hybridized carbons (Fsp3) is 0.481. The van der Waals surface area contributed by atoms with Crippen molar-refractivity contribution >= 4 is 33.9 Å². The largest absolute Gasteiger partial charge is 0.351 e. The summed E-state index contributed by atoms with van der Waals surface area (Å²) in [5.41, 5.74) is 2.20. The molecule has 0 radical (unpaired) electrons. The van der Waals surface area contributed by atoms with Crippen LogP contribution in [-0.2, 0) is 11.3 Å². The van der Waals surface area contributed by atoms with Gasteiger partial charge in [0.25, 0.3) is 6.43 Å². The summed E-state index contributed by atoms with van der Waals surface area (Å²) in [5, 5.41) is 4.10. The van der Waals surface area contributed by atoms with Gasteiger partial charge in [-0.25, -0.2) is 23.1 Å². The van der Waals surface area contributed by atoms with Crippen molar-refractivity contribution < 1.29 is 18.0 Å². The molecule has 6 rings (SSSR count). The number of nitrogens with zero attached hydrogens (tertiary/aromatic N) is 5. The first-order chi connectivity index (χ1) is 18.4. The van der Waals surface area contributed by atoms with Gasteiger partial charge in [0.1, 0.15) is 17.0 Å².